The van der Waals surface area contributed by atoms with Crippen LogP contribution in [0.2, 0.25) is 0 Å². The number of rotatable bonds is 2. The quantitative estimate of drug-likeness (QED) is 0.703. The minimum Gasteiger partial charge on any atom is -0.390 e. The lowest BCUT2D eigenvalue weighted by atomic mass is 10.00. The van der Waals surface area contributed by atoms with Crippen LogP contribution < -0.4 is 5.32 Å². The van der Waals surface area contributed by atoms with Gasteiger partial charge in [0.1, 0.15) is 17.7 Å². The third-order valence-electron chi connectivity index (χ3n) is 5.78. The molecular weight excluding hydrogens is 374 g/mol. The van der Waals surface area contributed by atoms with Crippen molar-refractivity contribution < 1.29 is 13.9 Å². The van der Waals surface area contributed by atoms with Gasteiger partial charge in [-0.2, -0.15) is 10.4 Å². The van der Waals surface area contributed by atoms with Crippen LogP contribution in [-0.4, -0.2) is 27.5 Å². The normalized spacial score (nSPS) is 20.2. The van der Waals surface area contributed by atoms with E-state index < -0.39 is 23.8 Å². The maximum atomic E-state index is 14.3. The van der Waals surface area contributed by atoms with Gasteiger partial charge in [0.05, 0.1) is 23.4 Å². The Balaban J connectivity index is 1.70. The van der Waals surface area contributed by atoms with Gasteiger partial charge in [-0.1, -0.05) is 12.1 Å². The van der Waals surface area contributed by atoms with Gasteiger partial charge in [0.15, 0.2) is 0 Å². The summed E-state index contributed by atoms with van der Waals surface area (Å²) in [6.07, 6.45) is -0.0759. The largest absolute Gasteiger partial charge is 0.390 e. The molecular formula is C22H18F2N4O. The predicted molar refractivity (Wildman–Crippen MR) is 102 cm³/mol. The first kappa shape index (κ1) is 18.0. The van der Waals surface area contributed by atoms with E-state index in [2.05, 4.69) is 11.4 Å². The van der Waals surface area contributed by atoms with Gasteiger partial charge in [-0.15, -0.1) is 0 Å². The lowest BCUT2D eigenvalue weighted by Crippen LogP contribution is -2.29. The van der Waals surface area contributed by atoms with Crippen LogP contribution in [-0.2, 0) is 19.4 Å². The molecule has 7 heteroatoms. The highest BCUT2D eigenvalue weighted by Crippen LogP contribution is 2.39. The van der Waals surface area contributed by atoms with Crippen molar-refractivity contribution in [1.82, 2.24) is 15.1 Å². The van der Waals surface area contributed by atoms with Crippen LogP contribution in [0.1, 0.15) is 34.0 Å². The molecule has 0 radical (unpaired) electrons. The first-order chi connectivity index (χ1) is 14.1. The summed E-state index contributed by atoms with van der Waals surface area (Å²) < 4.78 is 30.0. The molecule has 2 aliphatic rings. The monoisotopic (exact) mass is 392 g/mol. The van der Waals surface area contributed by atoms with Crippen molar-refractivity contribution in [1.29, 1.82) is 5.26 Å². The average molecular weight is 392 g/mol. The van der Waals surface area contributed by atoms with E-state index in [0.717, 1.165) is 35.1 Å². The standard InChI is InChI=1S/C22H18F2N4O/c23-14-7-16-15(18(24)8-14)9-20(29)22(16)28-19-4-5-26-11-17(19)21(27-28)13-3-1-2-12(6-13)10-25/h1-3,6-8,20,22,26,29H,4-5,9,11H2. The van der Waals surface area contributed by atoms with Crippen LogP contribution in [0.5, 0.6) is 0 Å². The van der Waals surface area contributed by atoms with Crippen molar-refractivity contribution in [3.05, 3.63) is 76.0 Å². The van der Waals surface area contributed by atoms with Crippen molar-refractivity contribution in [3.8, 4) is 17.3 Å². The third-order valence-corrected chi connectivity index (χ3v) is 5.78. The second-order valence-corrected chi connectivity index (χ2v) is 7.51. The first-order valence-electron chi connectivity index (χ1n) is 9.54. The molecule has 0 fully saturated rings. The Morgan fingerprint density at radius 3 is 2.90 bits per heavy atom. The first-order valence-corrected chi connectivity index (χ1v) is 9.54. The number of aliphatic hydroxyl groups is 1. The van der Waals surface area contributed by atoms with Crippen LogP contribution in [0.3, 0.4) is 0 Å². The van der Waals surface area contributed by atoms with Crippen LogP contribution in [0.15, 0.2) is 36.4 Å². The molecule has 1 aliphatic heterocycles. The number of nitriles is 1. The van der Waals surface area contributed by atoms with Crippen molar-refractivity contribution in [2.45, 2.75) is 31.5 Å². The maximum absolute atomic E-state index is 14.3. The number of aliphatic hydroxyl groups excluding tert-OH is 1. The topological polar surface area (TPSA) is 73.9 Å². The molecule has 3 aromatic rings. The second kappa shape index (κ2) is 6.76. The van der Waals surface area contributed by atoms with Gasteiger partial charge in [0, 0.05) is 48.8 Å². The van der Waals surface area contributed by atoms with E-state index in [-0.39, 0.29) is 6.42 Å². The molecule has 2 N–H and O–H groups in total. The van der Waals surface area contributed by atoms with Crippen LogP contribution in [0, 0.1) is 23.0 Å². The lowest BCUT2D eigenvalue weighted by molar-refractivity contribution is 0.136. The van der Waals surface area contributed by atoms with E-state index in [9.17, 15) is 19.1 Å². The molecule has 0 saturated heterocycles. The Kier molecular flexibility index (Phi) is 4.19. The lowest BCUT2D eigenvalue weighted by Gasteiger charge is -2.22. The molecule has 1 aromatic heterocycles. The molecule has 146 valence electrons. The summed E-state index contributed by atoms with van der Waals surface area (Å²) in [5, 5.41) is 28.1. The van der Waals surface area contributed by atoms with Gasteiger partial charge in [0.2, 0.25) is 0 Å². The van der Waals surface area contributed by atoms with Crippen LogP contribution in [0.25, 0.3) is 11.3 Å². The number of halogens is 2. The van der Waals surface area contributed by atoms with Crippen LogP contribution >= 0.6 is 0 Å². The minimum absolute atomic E-state index is 0.123. The molecule has 2 unspecified atom stereocenters. The molecule has 1 aliphatic carbocycles. The maximum Gasteiger partial charge on any atom is 0.129 e. The zero-order valence-electron chi connectivity index (χ0n) is 15.5. The average Bonchev–Trinajstić information content (AvgIpc) is 3.25. The Morgan fingerprint density at radius 1 is 1.21 bits per heavy atom. The summed E-state index contributed by atoms with van der Waals surface area (Å²) >= 11 is 0. The predicted octanol–water partition coefficient (Wildman–Crippen LogP) is 2.85. The van der Waals surface area contributed by atoms with Crippen LogP contribution in [0.4, 0.5) is 8.78 Å². The van der Waals surface area contributed by atoms with E-state index >= 15 is 0 Å². The molecule has 5 rings (SSSR count). The zero-order chi connectivity index (χ0) is 20.1. The van der Waals surface area contributed by atoms with Gasteiger partial charge in [-0.3, -0.25) is 4.68 Å². The molecule has 0 bridgehead atoms. The fraction of sp³-hybridized carbons (Fsp3) is 0.273. The van der Waals surface area contributed by atoms with Crippen molar-refractivity contribution in [2.24, 2.45) is 0 Å². The number of hydrogen-bond acceptors (Lipinski definition) is 4. The van der Waals surface area contributed by atoms with E-state index in [1.165, 1.54) is 6.07 Å². The summed E-state index contributed by atoms with van der Waals surface area (Å²) in [7, 11) is 0. The Bertz CT molecular complexity index is 1160. The van der Waals surface area contributed by atoms with Gasteiger partial charge in [0.25, 0.3) is 0 Å². The van der Waals surface area contributed by atoms with E-state index in [1.807, 2.05) is 6.07 Å². The molecule has 29 heavy (non-hydrogen) atoms. The van der Waals surface area contributed by atoms with Gasteiger partial charge in [-0.25, -0.2) is 8.78 Å². The number of nitrogens with one attached hydrogen (secondary N) is 1. The highest BCUT2D eigenvalue weighted by Gasteiger charge is 2.38. The van der Waals surface area contributed by atoms with Crippen molar-refractivity contribution >= 4 is 0 Å². The van der Waals surface area contributed by atoms with Gasteiger partial charge in [-0.05, 0) is 29.3 Å². The summed E-state index contributed by atoms with van der Waals surface area (Å²) in [6, 6.07) is 10.8. The van der Waals surface area contributed by atoms with Gasteiger partial charge >= 0.3 is 0 Å². The summed E-state index contributed by atoms with van der Waals surface area (Å²) in [5.41, 5.74) is 4.78. The molecule has 0 spiro atoms. The SMILES string of the molecule is N#Cc1cccc(-c2nn(C3c4cc(F)cc(F)c4CC3O)c3c2CNCC3)c1. The molecule has 2 atom stereocenters. The number of aromatic nitrogens is 2. The molecule has 0 amide bonds. The Labute approximate surface area is 166 Å². The fourth-order valence-corrected chi connectivity index (χ4v) is 4.50. The number of nitrogens with zero attached hydrogens (tertiary/aromatic N) is 3. The third kappa shape index (κ3) is 2.84. The number of fused-ring (bicyclic) bond motifs is 2. The fourth-order valence-electron chi connectivity index (χ4n) is 4.50. The smallest absolute Gasteiger partial charge is 0.129 e. The summed E-state index contributed by atoms with van der Waals surface area (Å²) in [5.74, 6) is -1.30. The molecule has 5 nitrogen and oxygen atoms in total. The Hall–Kier alpha value is -3.08. The van der Waals surface area contributed by atoms with E-state index in [0.29, 0.717) is 29.7 Å². The Morgan fingerprint density at radius 2 is 2.07 bits per heavy atom. The van der Waals surface area contributed by atoms with Crippen molar-refractivity contribution in [2.75, 3.05) is 6.54 Å². The highest BCUT2D eigenvalue weighted by atomic mass is 19.1. The minimum atomic E-state index is -0.890. The van der Waals surface area contributed by atoms with E-state index in [1.54, 1.807) is 22.9 Å². The molecule has 2 heterocycles. The highest BCUT2D eigenvalue weighted by molar-refractivity contribution is 5.66. The van der Waals surface area contributed by atoms with Crippen molar-refractivity contribution in [3.63, 3.8) is 0 Å². The second-order valence-electron chi connectivity index (χ2n) is 7.51. The molecule has 2 aromatic carbocycles. The number of hydrogen-bond donors (Lipinski definition) is 2. The molecule has 0 saturated carbocycles. The number of benzene rings is 2. The zero-order valence-corrected chi connectivity index (χ0v) is 15.5. The summed E-state index contributed by atoms with van der Waals surface area (Å²) in [6.45, 7) is 1.36. The van der Waals surface area contributed by atoms with Gasteiger partial charge < -0.3 is 10.4 Å². The summed E-state index contributed by atoms with van der Waals surface area (Å²) in [4.78, 5) is 0. The van der Waals surface area contributed by atoms with E-state index in [4.69, 9.17) is 5.10 Å².